The van der Waals surface area contributed by atoms with Crippen molar-refractivity contribution in [1.29, 1.82) is 0 Å². The van der Waals surface area contributed by atoms with Gasteiger partial charge in [0.05, 0.1) is 28.4 Å². The van der Waals surface area contributed by atoms with E-state index < -0.39 is 0 Å². The van der Waals surface area contributed by atoms with Gasteiger partial charge in [0.15, 0.2) is 23.0 Å². The Morgan fingerprint density at radius 1 is 0.680 bits per heavy atom. The first-order valence-electron chi connectivity index (χ1n) is 7.64. The lowest BCUT2D eigenvalue weighted by Crippen LogP contribution is -1.95. The van der Waals surface area contributed by atoms with E-state index in [2.05, 4.69) is 0 Å². The number of methoxy groups -OCH3 is 4. The summed E-state index contributed by atoms with van der Waals surface area (Å²) in [6.45, 7) is 0. The normalized spacial score (nSPS) is 11.0. The first-order chi connectivity index (χ1) is 12.1. The van der Waals surface area contributed by atoms with Gasteiger partial charge in [-0.1, -0.05) is 30.4 Å². The number of aromatic hydroxyl groups is 1. The summed E-state index contributed by atoms with van der Waals surface area (Å²) in [5.74, 6) is 2.32. The van der Waals surface area contributed by atoms with E-state index in [1.165, 1.54) is 7.11 Å². The molecule has 2 rings (SSSR count). The molecule has 0 bridgehead atoms. The van der Waals surface area contributed by atoms with Crippen LogP contribution in [0, 0.1) is 0 Å². The van der Waals surface area contributed by atoms with E-state index in [1.54, 1.807) is 33.5 Å². The lowest BCUT2D eigenvalue weighted by Gasteiger charge is -2.12. The highest BCUT2D eigenvalue weighted by Crippen LogP contribution is 2.38. The third-order valence-electron chi connectivity index (χ3n) is 3.58. The van der Waals surface area contributed by atoms with Crippen LogP contribution in [0.15, 0.2) is 42.5 Å². The molecule has 0 amide bonds. The summed E-state index contributed by atoms with van der Waals surface area (Å²) in [5.41, 5.74) is 1.78. The van der Waals surface area contributed by atoms with Crippen LogP contribution >= 0.6 is 0 Å². The number of ether oxygens (including phenoxy) is 4. The molecule has 2 aromatic carbocycles. The first kappa shape index (κ1) is 18.3. The maximum atomic E-state index is 9.77. The summed E-state index contributed by atoms with van der Waals surface area (Å²) < 4.78 is 21.0. The number of rotatable bonds is 7. The van der Waals surface area contributed by atoms with Gasteiger partial charge in [0, 0.05) is 0 Å². The monoisotopic (exact) mass is 342 g/mol. The Morgan fingerprint density at radius 3 is 1.72 bits per heavy atom. The average Bonchev–Trinajstić information content (AvgIpc) is 2.64. The predicted molar refractivity (Wildman–Crippen MR) is 98.8 cm³/mol. The van der Waals surface area contributed by atoms with Crippen molar-refractivity contribution in [3.63, 3.8) is 0 Å². The number of phenols is 1. The van der Waals surface area contributed by atoms with E-state index in [-0.39, 0.29) is 5.75 Å². The number of benzene rings is 2. The standard InChI is InChI=1S/C20H22O5/c1-22-17-10-9-14(11-16(17)21)7-5-6-8-15-12-18(23-2)20(25-4)19(13-15)24-3/h5-13,21H,1-4H3/b7-5+,8-6+. The molecule has 0 saturated carbocycles. The molecule has 0 spiro atoms. The highest BCUT2D eigenvalue weighted by Gasteiger charge is 2.11. The van der Waals surface area contributed by atoms with Crippen molar-refractivity contribution in [2.45, 2.75) is 0 Å². The van der Waals surface area contributed by atoms with Gasteiger partial charge in [-0.3, -0.25) is 0 Å². The van der Waals surface area contributed by atoms with Crippen molar-refractivity contribution in [2.24, 2.45) is 0 Å². The van der Waals surface area contributed by atoms with Crippen molar-refractivity contribution in [1.82, 2.24) is 0 Å². The summed E-state index contributed by atoms with van der Waals surface area (Å²) in [6.07, 6.45) is 7.57. The van der Waals surface area contributed by atoms with E-state index in [0.717, 1.165) is 11.1 Å². The molecule has 0 heterocycles. The minimum absolute atomic E-state index is 0.109. The SMILES string of the molecule is COc1ccc(/C=C/C=C/c2cc(OC)c(OC)c(OC)c2)cc1O. The quantitative estimate of drug-likeness (QED) is 0.766. The van der Waals surface area contributed by atoms with Crippen LogP contribution in [0.1, 0.15) is 11.1 Å². The Morgan fingerprint density at radius 2 is 1.24 bits per heavy atom. The van der Waals surface area contributed by atoms with E-state index in [9.17, 15) is 5.11 Å². The van der Waals surface area contributed by atoms with Crippen LogP contribution < -0.4 is 18.9 Å². The Hall–Kier alpha value is -3.08. The van der Waals surface area contributed by atoms with Gasteiger partial charge < -0.3 is 24.1 Å². The van der Waals surface area contributed by atoms with Crippen LogP contribution in [0.4, 0.5) is 0 Å². The van der Waals surface area contributed by atoms with Gasteiger partial charge in [0.25, 0.3) is 0 Å². The van der Waals surface area contributed by atoms with Gasteiger partial charge in [-0.15, -0.1) is 0 Å². The van der Waals surface area contributed by atoms with Crippen LogP contribution in [0.5, 0.6) is 28.7 Å². The molecule has 0 aliphatic rings. The summed E-state index contributed by atoms with van der Waals surface area (Å²) in [7, 11) is 6.26. The maximum absolute atomic E-state index is 9.77. The van der Waals surface area contributed by atoms with Crippen molar-refractivity contribution >= 4 is 12.2 Å². The molecule has 0 aliphatic carbocycles. The van der Waals surface area contributed by atoms with Gasteiger partial charge in [-0.05, 0) is 35.4 Å². The zero-order valence-electron chi connectivity index (χ0n) is 14.8. The molecular weight excluding hydrogens is 320 g/mol. The number of phenolic OH excluding ortho intramolecular Hbond substituents is 1. The molecule has 0 aromatic heterocycles. The lowest BCUT2D eigenvalue weighted by molar-refractivity contribution is 0.324. The molecule has 0 saturated heterocycles. The van der Waals surface area contributed by atoms with Gasteiger partial charge in [-0.25, -0.2) is 0 Å². The van der Waals surface area contributed by atoms with Gasteiger partial charge in [-0.2, -0.15) is 0 Å². The summed E-state index contributed by atoms with van der Waals surface area (Å²) >= 11 is 0. The maximum Gasteiger partial charge on any atom is 0.203 e. The Kier molecular flexibility index (Phi) is 6.34. The van der Waals surface area contributed by atoms with Crippen LogP contribution in [0.25, 0.3) is 12.2 Å². The van der Waals surface area contributed by atoms with E-state index in [0.29, 0.717) is 23.0 Å². The molecule has 0 aliphatic heterocycles. The molecule has 0 radical (unpaired) electrons. The molecule has 0 atom stereocenters. The Balaban J connectivity index is 2.17. The van der Waals surface area contributed by atoms with Gasteiger partial charge in [0.1, 0.15) is 0 Å². The van der Waals surface area contributed by atoms with E-state index in [4.69, 9.17) is 18.9 Å². The topological polar surface area (TPSA) is 57.2 Å². The largest absolute Gasteiger partial charge is 0.504 e. The second-order valence-electron chi connectivity index (χ2n) is 5.11. The third-order valence-corrected chi connectivity index (χ3v) is 3.58. The number of hydrogen-bond donors (Lipinski definition) is 1. The Bertz CT molecular complexity index is 753. The molecule has 0 unspecified atom stereocenters. The number of allylic oxidation sites excluding steroid dienone is 2. The predicted octanol–water partition coefficient (Wildman–Crippen LogP) is 4.15. The smallest absolute Gasteiger partial charge is 0.203 e. The summed E-state index contributed by atoms with van der Waals surface area (Å²) in [6, 6.07) is 8.96. The van der Waals surface area contributed by atoms with Crippen molar-refractivity contribution < 1.29 is 24.1 Å². The molecule has 2 aromatic rings. The number of hydrogen-bond acceptors (Lipinski definition) is 5. The van der Waals surface area contributed by atoms with Gasteiger partial charge >= 0.3 is 0 Å². The second-order valence-corrected chi connectivity index (χ2v) is 5.11. The zero-order chi connectivity index (χ0) is 18.2. The fourth-order valence-electron chi connectivity index (χ4n) is 2.34. The van der Waals surface area contributed by atoms with Gasteiger partial charge in [0.2, 0.25) is 5.75 Å². The van der Waals surface area contributed by atoms with Crippen LogP contribution in [0.3, 0.4) is 0 Å². The van der Waals surface area contributed by atoms with Crippen LogP contribution in [-0.4, -0.2) is 33.5 Å². The lowest BCUT2D eigenvalue weighted by atomic mass is 10.1. The fraction of sp³-hybridized carbons (Fsp3) is 0.200. The van der Waals surface area contributed by atoms with Crippen molar-refractivity contribution in [2.75, 3.05) is 28.4 Å². The zero-order valence-corrected chi connectivity index (χ0v) is 14.8. The molecule has 0 fully saturated rings. The molecule has 1 N–H and O–H groups in total. The fourth-order valence-corrected chi connectivity index (χ4v) is 2.34. The van der Waals surface area contributed by atoms with Crippen molar-refractivity contribution in [3.8, 4) is 28.7 Å². The molecule has 132 valence electrons. The Labute approximate surface area is 147 Å². The summed E-state index contributed by atoms with van der Waals surface area (Å²) in [4.78, 5) is 0. The molecule has 5 heteroatoms. The average molecular weight is 342 g/mol. The third kappa shape index (κ3) is 4.47. The summed E-state index contributed by atoms with van der Waals surface area (Å²) in [5, 5.41) is 9.77. The minimum atomic E-state index is 0.109. The van der Waals surface area contributed by atoms with Crippen LogP contribution in [-0.2, 0) is 0 Å². The van der Waals surface area contributed by atoms with E-state index >= 15 is 0 Å². The molecule has 25 heavy (non-hydrogen) atoms. The van der Waals surface area contributed by atoms with Crippen LogP contribution in [0.2, 0.25) is 0 Å². The molecular formula is C20H22O5. The highest BCUT2D eigenvalue weighted by atomic mass is 16.5. The first-order valence-corrected chi connectivity index (χ1v) is 7.64. The highest BCUT2D eigenvalue weighted by molar-refractivity contribution is 5.64. The second kappa shape index (κ2) is 8.68. The molecule has 5 nitrogen and oxygen atoms in total. The van der Waals surface area contributed by atoms with E-state index in [1.807, 2.05) is 42.5 Å². The minimum Gasteiger partial charge on any atom is -0.504 e. The van der Waals surface area contributed by atoms with Crippen molar-refractivity contribution in [3.05, 3.63) is 53.6 Å².